The molecule has 4 nitrogen and oxygen atoms in total. The maximum atomic E-state index is 6.69. The van der Waals surface area contributed by atoms with Crippen LogP contribution >= 0.6 is 0 Å². The fourth-order valence-corrected chi connectivity index (χ4v) is 6.80. The molecule has 3 aliphatic rings. The molecule has 0 saturated heterocycles. The van der Waals surface area contributed by atoms with Crippen LogP contribution in [0.15, 0.2) is 119 Å². The molecule has 0 amide bonds. The monoisotopic (exact) mass is 470 g/mol. The van der Waals surface area contributed by atoms with E-state index < -0.39 is 11.2 Å². The van der Waals surface area contributed by atoms with Crippen LogP contribution in [-0.4, -0.2) is 25.6 Å². The average Bonchev–Trinajstić information content (AvgIpc) is 3.47. The van der Waals surface area contributed by atoms with Gasteiger partial charge >= 0.3 is 0 Å². The predicted molar refractivity (Wildman–Crippen MR) is 143 cm³/mol. The minimum absolute atomic E-state index is 0.0858. The van der Waals surface area contributed by atoms with Crippen molar-refractivity contribution in [3.63, 3.8) is 0 Å². The number of para-hydroxylation sites is 2. The van der Waals surface area contributed by atoms with E-state index in [4.69, 9.17) is 19.5 Å². The Kier molecular flexibility index (Phi) is 4.65. The van der Waals surface area contributed by atoms with Gasteiger partial charge in [-0.1, -0.05) is 97.1 Å². The van der Waals surface area contributed by atoms with Crippen LogP contribution in [0.4, 0.5) is 11.4 Å². The van der Waals surface area contributed by atoms with Gasteiger partial charge in [0.1, 0.15) is 0 Å². The number of ether oxygens (including phenoxy) is 2. The van der Waals surface area contributed by atoms with Crippen LogP contribution in [0.2, 0.25) is 0 Å². The van der Waals surface area contributed by atoms with Crippen molar-refractivity contribution < 1.29 is 9.47 Å². The number of nitrogens with zero attached hydrogens (tertiary/aromatic N) is 2. The molecule has 0 N–H and O–H groups in total. The molecule has 36 heavy (non-hydrogen) atoms. The molecule has 0 radical (unpaired) electrons. The van der Waals surface area contributed by atoms with E-state index in [2.05, 4.69) is 97.1 Å². The van der Waals surface area contributed by atoms with Gasteiger partial charge in [0, 0.05) is 37.2 Å². The van der Waals surface area contributed by atoms with Crippen molar-refractivity contribution in [3.8, 4) is 0 Å². The van der Waals surface area contributed by atoms with Gasteiger partial charge in [0.2, 0.25) is 0 Å². The van der Waals surface area contributed by atoms with Crippen LogP contribution in [0.3, 0.4) is 0 Å². The topological polar surface area (TPSA) is 43.2 Å². The Bertz CT molecular complexity index is 1410. The highest BCUT2D eigenvalue weighted by Crippen LogP contribution is 2.66. The lowest BCUT2D eigenvalue weighted by Gasteiger charge is -2.54. The number of methoxy groups -OCH3 is 2. The fourth-order valence-electron chi connectivity index (χ4n) is 6.80. The SMILES string of the molecule is CO[C@]12C(=Nc3ccccc31)[C@@H](c1ccccc1)[C@@H](c1ccccc1)C1=Nc3ccccc3[C@@]12OC. The van der Waals surface area contributed by atoms with Gasteiger partial charge < -0.3 is 9.47 Å². The molecule has 4 aromatic carbocycles. The fraction of sp³-hybridized carbons (Fsp3) is 0.188. The van der Waals surface area contributed by atoms with Crippen molar-refractivity contribution in [1.82, 2.24) is 0 Å². The quantitative estimate of drug-likeness (QED) is 0.328. The summed E-state index contributed by atoms with van der Waals surface area (Å²) in [6, 6.07) is 37.8. The molecule has 0 unspecified atom stereocenters. The predicted octanol–water partition coefficient (Wildman–Crippen LogP) is 6.82. The van der Waals surface area contributed by atoms with Crippen LogP contribution in [0.1, 0.15) is 34.1 Å². The van der Waals surface area contributed by atoms with Crippen molar-refractivity contribution >= 4 is 22.8 Å². The summed E-state index contributed by atoms with van der Waals surface area (Å²) >= 11 is 0. The number of hydrogen-bond donors (Lipinski definition) is 0. The standard InChI is InChI=1S/C32H26N2O2/c1-35-31-23-17-9-11-19-25(23)33-29(31)27(21-13-5-3-6-14-21)28(22-15-7-4-8-16-22)30-32(31,36-2)24-18-10-12-20-26(24)34-30/h3-20,27-28H,1-2H3/t27-,28+,31-,32+. The minimum Gasteiger partial charge on any atom is -0.363 e. The summed E-state index contributed by atoms with van der Waals surface area (Å²) in [5.41, 5.74) is 6.24. The summed E-state index contributed by atoms with van der Waals surface area (Å²) in [7, 11) is 3.56. The van der Waals surface area contributed by atoms with Crippen LogP contribution in [0, 0.1) is 0 Å². The van der Waals surface area contributed by atoms with Gasteiger partial charge in [-0.25, -0.2) is 0 Å². The summed E-state index contributed by atoms with van der Waals surface area (Å²) in [5, 5.41) is 0. The molecule has 1 aliphatic carbocycles. The Morgan fingerprint density at radius 3 is 1.25 bits per heavy atom. The van der Waals surface area contributed by atoms with Gasteiger partial charge in [0.15, 0.2) is 11.2 Å². The van der Waals surface area contributed by atoms with E-state index in [-0.39, 0.29) is 11.8 Å². The largest absolute Gasteiger partial charge is 0.363 e. The highest BCUT2D eigenvalue weighted by Gasteiger charge is 2.72. The Morgan fingerprint density at radius 2 is 0.861 bits per heavy atom. The minimum atomic E-state index is -0.963. The Hall–Kier alpha value is -3.86. The number of fused-ring (bicyclic) bond motifs is 7. The van der Waals surface area contributed by atoms with Crippen molar-refractivity contribution in [2.75, 3.05) is 14.2 Å². The molecule has 0 aromatic heterocycles. The molecular formula is C32H26N2O2. The van der Waals surface area contributed by atoms with E-state index in [0.717, 1.165) is 33.9 Å². The van der Waals surface area contributed by atoms with Crippen molar-refractivity contribution in [3.05, 3.63) is 131 Å². The van der Waals surface area contributed by atoms with Gasteiger partial charge in [-0.15, -0.1) is 0 Å². The molecule has 2 heterocycles. The lowest BCUT2D eigenvalue weighted by molar-refractivity contribution is -0.122. The average molecular weight is 471 g/mol. The summed E-state index contributed by atoms with van der Waals surface area (Å²) < 4.78 is 13.4. The van der Waals surface area contributed by atoms with Crippen LogP contribution in [-0.2, 0) is 20.7 Å². The van der Waals surface area contributed by atoms with Crippen LogP contribution in [0.5, 0.6) is 0 Å². The van der Waals surface area contributed by atoms with Gasteiger partial charge in [0.05, 0.1) is 22.8 Å². The van der Waals surface area contributed by atoms with E-state index in [9.17, 15) is 0 Å². The third-order valence-electron chi connectivity index (χ3n) is 8.12. The Balaban J connectivity index is 1.64. The summed E-state index contributed by atoms with van der Waals surface area (Å²) in [6.45, 7) is 0. The molecule has 4 aromatic rings. The normalized spacial score (nSPS) is 27.4. The molecule has 0 spiro atoms. The lowest BCUT2D eigenvalue weighted by Crippen LogP contribution is -2.65. The third kappa shape index (κ3) is 2.50. The Labute approximate surface area is 211 Å². The second-order valence-electron chi connectivity index (χ2n) is 9.58. The highest BCUT2D eigenvalue weighted by atomic mass is 16.6. The molecule has 4 atom stereocenters. The van der Waals surface area contributed by atoms with E-state index in [1.807, 2.05) is 12.1 Å². The number of benzene rings is 4. The molecule has 1 saturated carbocycles. The molecule has 176 valence electrons. The van der Waals surface area contributed by atoms with Gasteiger partial charge in [0.25, 0.3) is 0 Å². The maximum Gasteiger partial charge on any atom is 0.172 e. The van der Waals surface area contributed by atoms with Crippen molar-refractivity contribution in [1.29, 1.82) is 0 Å². The van der Waals surface area contributed by atoms with Gasteiger partial charge in [-0.3, -0.25) is 9.98 Å². The number of hydrogen-bond acceptors (Lipinski definition) is 4. The summed E-state index contributed by atoms with van der Waals surface area (Å²) in [5.74, 6) is -0.172. The number of rotatable bonds is 4. The zero-order valence-corrected chi connectivity index (χ0v) is 20.3. The second-order valence-corrected chi connectivity index (χ2v) is 9.58. The smallest absolute Gasteiger partial charge is 0.172 e. The van der Waals surface area contributed by atoms with E-state index in [1.54, 1.807) is 14.2 Å². The first-order chi connectivity index (χ1) is 17.8. The first-order valence-corrected chi connectivity index (χ1v) is 12.3. The first kappa shape index (κ1) is 21.4. The maximum absolute atomic E-state index is 6.69. The highest BCUT2D eigenvalue weighted by molar-refractivity contribution is 6.21. The third-order valence-corrected chi connectivity index (χ3v) is 8.12. The molecule has 0 bridgehead atoms. The molecule has 2 aliphatic heterocycles. The molecule has 1 fully saturated rings. The molecular weight excluding hydrogens is 444 g/mol. The Morgan fingerprint density at radius 1 is 0.500 bits per heavy atom. The van der Waals surface area contributed by atoms with Crippen molar-refractivity contribution in [2.45, 2.75) is 23.0 Å². The molecule has 4 heteroatoms. The van der Waals surface area contributed by atoms with Gasteiger partial charge in [-0.2, -0.15) is 0 Å². The van der Waals surface area contributed by atoms with Gasteiger partial charge in [-0.05, 0) is 23.3 Å². The zero-order valence-electron chi connectivity index (χ0n) is 20.3. The van der Waals surface area contributed by atoms with E-state index in [1.165, 1.54) is 11.1 Å². The first-order valence-electron chi connectivity index (χ1n) is 12.3. The zero-order chi connectivity index (χ0) is 24.3. The molecule has 7 rings (SSSR count). The lowest BCUT2D eigenvalue weighted by atomic mass is 9.55. The van der Waals surface area contributed by atoms with E-state index in [0.29, 0.717) is 0 Å². The van der Waals surface area contributed by atoms with Crippen LogP contribution in [0.25, 0.3) is 0 Å². The summed E-state index contributed by atoms with van der Waals surface area (Å²) in [6.07, 6.45) is 0. The summed E-state index contributed by atoms with van der Waals surface area (Å²) in [4.78, 5) is 10.7. The number of aliphatic imine (C=N–C) groups is 2. The second kappa shape index (κ2) is 7.82. The van der Waals surface area contributed by atoms with Crippen LogP contribution < -0.4 is 0 Å². The van der Waals surface area contributed by atoms with E-state index >= 15 is 0 Å². The van der Waals surface area contributed by atoms with Crippen molar-refractivity contribution in [2.24, 2.45) is 9.98 Å².